The molecule has 0 bridgehead atoms. The smallest absolute Gasteiger partial charge is 0.303 e. The van der Waals surface area contributed by atoms with E-state index in [1.54, 1.807) is 0 Å². The molecule has 1 rings (SSSR count). The minimum absolute atomic E-state index is 0.0815. The summed E-state index contributed by atoms with van der Waals surface area (Å²) in [6.07, 6.45) is 26.7. The van der Waals surface area contributed by atoms with E-state index < -0.39 is 5.97 Å². The zero-order chi connectivity index (χ0) is 18.9. The second kappa shape index (κ2) is 15.2. The maximum atomic E-state index is 10.7. The highest BCUT2D eigenvalue weighted by Crippen LogP contribution is 2.48. The van der Waals surface area contributed by atoms with Crippen LogP contribution in [-0.2, 0) is 4.79 Å². The van der Waals surface area contributed by atoms with Crippen molar-refractivity contribution in [2.24, 2.45) is 0 Å². The van der Waals surface area contributed by atoms with Crippen LogP contribution >= 0.6 is 23.5 Å². The molecular weight excluding hydrogens is 360 g/mol. The lowest BCUT2D eigenvalue weighted by Crippen LogP contribution is -2.13. The molecule has 0 aromatic carbocycles. The quantitative estimate of drug-likeness (QED) is 0.195. The van der Waals surface area contributed by atoms with Gasteiger partial charge in [0.15, 0.2) is 0 Å². The summed E-state index contributed by atoms with van der Waals surface area (Å²) >= 11 is 3.91. The lowest BCUT2D eigenvalue weighted by Gasteiger charge is -2.22. The lowest BCUT2D eigenvalue weighted by molar-refractivity contribution is -0.137. The molecule has 0 amide bonds. The number of thioether (sulfide) groups is 2. The molecule has 1 aliphatic heterocycles. The van der Waals surface area contributed by atoms with Crippen LogP contribution in [0.5, 0.6) is 0 Å². The van der Waals surface area contributed by atoms with Crippen molar-refractivity contribution in [3.05, 3.63) is 48.6 Å². The van der Waals surface area contributed by atoms with Crippen LogP contribution in [0, 0.1) is 0 Å². The van der Waals surface area contributed by atoms with Crippen LogP contribution < -0.4 is 0 Å². The van der Waals surface area contributed by atoms with E-state index >= 15 is 0 Å². The summed E-state index contributed by atoms with van der Waals surface area (Å²) in [5.41, 5.74) is 0. The van der Waals surface area contributed by atoms with Crippen LogP contribution in [0.15, 0.2) is 48.6 Å². The molecule has 1 N–H and O–H groups in total. The fourth-order valence-electron chi connectivity index (χ4n) is 2.72. The fourth-order valence-corrected chi connectivity index (χ4v) is 5.83. The maximum Gasteiger partial charge on any atom is 0.303 e. The van der Waals surface area contributed by atoms with Gasteiger partial charge in [-0.15, -0.1) is 23.5 Å². The predicted molar refractivity (Wildman–Crippen MR) is 119 cm³/mol. The molecule has 1 fully saturated rings. The molecule has 1 heterocycles. The number of unbranched alkanes of at least 4 members (excludes halogenated alkanes) is 3. The average Bonchev–Trinajstić information content (AvgIpc) is 3.07. The van der Waals surface area contributed by atoms with Gasteiger partial charge in [0.1, 0.15) is 0 Å². The first-order valence-electron chi connectivity index (χ1n) is 9.82. The summed E-state index contributed by atoms with van der Waals surface area (Å²) in [4.78, 5) is 10.7. The van der Waals surface area contributed by atoms with Crippen molar-refractivity contribution in [3.8, 4) is 0 Å². The Bertz CT molecular complexity index is 486. The number of hydrogen-bond acceptors (Lipinski definition) is 3. The largest absolute Gasteiger partial charge is 0.481 e. The molecule has 0 unspecified atom stereocenters. The van der Waals surface area contributed by atoms with Crippen LogP contribution in [-0.4, -0.2) is 26.7 Å². The van der Waals surface area contributed by atoms with E-state index in [2.05, 4.69) is 55.5 Å². The highest BCUT2D eigenvalue weighted by Gasteiger charge is 2.32. The number of aliphatic carboxylic acids is 1. The first-order chi connectivity index (χ1) is 12.7. The summed E-state index contributed by atoms with van der Waals surface area (Å²) in [6.45, 7) is 2.24. The summed E-state index contributed by atoms with van der Waals surface area (Å²) in [5.74, 6) is 1.61. The molecule has 0 spiro atoms. The molecule has 0 aromatic heterocycles. The van der Waals surface area contributed by atoms with Crippen molar-refractivity contribution < 1.29 is 9.90 Å². The van der Waals surface area contributed by atoms with E-state index in [4.69, 9.17) is 5.11 Å². The average molecular weight is 395 g/mol. The number of carboxylic acid groups (broad SMARTS) is 1. The Morgan fingerprint density at radius 3 is 2.35 bits per heavy atom. The van der Waals surface area contributed by atoms with Gasteiger partial charge in [-0.3, -0.25) is 4.79 Å². The van der Waals surface area contributed by atoms with Gasteiger partial charge in [0.2, 0.25) is 0 Å². The topological polar surface area (TPSA) is 37.3 Å². The number of allylic oxidation sites excluding steroid dienone is 7. The number of rotatable bonds is 14. The van der Waals surface area contributed by atoms with Crippen LogP contribution in [0.25, 0.3) is 0 Å². The third kappa shape index (κ3) is 11.7. The van der Waals surface area contributed by atoms with Gasteiger partial charge >= 0.3 is 5.97 Å². The van der Waals surface area contributed by atoms with Gasteiger partial charge in [-0.05, 0) is 38.5 Å². The zero-order valence-electron chi connectivity index (χ0n) is 16.1. The highest BCUT2D eigenvalue weighted by atomic mass is 32.2. The van der Waals surface area contributed by atoms with Gasteiger partial charge in [-0.25, -0.2) is 0 Å². The van der Waals surface area contributed by atoms with Gasteiger partial charge in [-0.1, -0.05) is 68.4 Å². The minimum atomic E-state index is -0.695. The minimum Gasteiger partial charge on any atom is -0.481 e. The van der Waals surface area contributed by atoms with Gasteiger partial charge in [0, 0.05) is 17.9 Å². The van der Waals surface area contributed by atoms with Crippen LogP contribution in [0.1, 0.15) is 64.7 Å². The van der Waals surface area contributed by atoms with E-state index in [9.17, 15) is 4.79 Å². The molecular formula is C22H34O2S2. The van der Waals surface area contributed by atoms with Crippen molar-refractivity contribution in [1.29, 1.82) is 0 Å². The second-order valence-corrected chi connectivity index (χ2v) is 9.56. The Hall–Kier alpha value is -0.870. The van der Waals surface area contributed by atoms with Gasteiger partial charge < -0.3 is 5.11 Å². The molecule has 0 aromatic rings. The molecule has 0 radical (unpaired) electrons. The van der Waals surface area contributed by atoms with E-state index in [1.807, 2.05) is 23.5 Å². The van der Waals surface area contributed by atoms with Crippen molar-refractivity contribution in [3.63, 3.8) is 0 Å². The Morgan fingerprint density at radius 2 is 1.65 bits per heavy atom. The molecule has 26 heavy (non-hydrogen) atoms. The molecule has 4 heteroatoms. The molecule has 2 nitrogen and oxygen atoms in total. The van der Waals surface area contributed by atoms with Crippen molar-refractivity contribution in [2.45, 2.75) is 68.8 Å². The first-order valence-corrected chi connectivity index (χ1v) is 11.8. The highest BCUT2D eigenvalue weighted by molar-refractivity contribution is 8.21. The van der Waals surface area contributed by atoms with Crippen molar-refractivity contribution in [1.82, 2.24) is 0 Å². The maximum absolute atomic E-state index is 10.7. The Labute approximate surface area is 168 Å². The van der Waals surface area contributed by atoms with Gasteiger partial charge in [-0.2, -0.15) is 0 Å². The van der Waals surface area contributed by atoms with E-state index in [-0.39, 0.29) is 10.5 Å². The summed E-state index contributed by atoms with van der Waals surface area (Å²) in [5, 5.41) is 8.82. The summed E-state index contributed by atoms with van der Waals surface area (Å²) in [6, 6.07) is 0. The molecule has 0 saturated carbocycles. The monoisotopic (exact) mass is 394 g/mol. The van der Waals surface area contributed by atoms with E-state index in [1.165, 1.54) is 25.7 Å². The van der Waals surface area contributed by atoms with E-state index in [0.717, 1.165) is 37.2 Å². The molecule has 1 aliphatic rings. The molecule has 146 valence electrons. The normalized spacial score (nSPS) is 17.4. The third-order valence-corrected chi connectivity index (χ3v) is 7.58. The molecule has 0 aliphatic carbocycles. The molecule has 0 atom stereocenters. The molecule has 1 saturated heterocycles. The first kappa shape index (κ1) is 23.2. The third-order valence-electron chi connectivity index (χ3n) is 4.14. The van der Waals surface area contributed by atoms with Crippen LogP contribution in [0.4, 0.5) is 0 Å². The van der Waals surface area contributed by atoms with Crippen LogP contribution in [0.2, 0.25) is 0 Å². The Morgan fingerprint density at radius 1 is 0.962 bits per heavy atom. The zero-order valence-corrected chi connectivity index (χ0v) is 17.7. The number of carboxylic acids is 1. The van der Waals surface area contributed by atoms with Gasteiger partial charge in [0.25, 0.3) is 0 Å². The van der Waals surface area contributed by atoms with Crippen LogP contribution in [0.3, 0.4) is 0 Å². The van der Waals surface area contributed by atoms with Crippen molar-refractivity contribution in [2.75, 3.05) is 11.5 Å². The summed E-state index contributed by atoms with van der Waals surface area (Å²) < 4.78 is 0.0815. The Balaban J connectivity index is 2.21. The van der Waals surface area contributed by atoms with E-state index in [0.29, 0.717) is 0 Å². The predicted octanol–water partition coefficient (Wildman–Crippen LogP) is 7.00. The summed E-state index contributed by atoms with van der Waals surface area (Å²) in [7, 11) is 0. The SMILES string of the molecule is CCCCC/C=C\C/C=C\C/C=C\C=C\C1(CCCC(=O)O)SCCS1. The lowest BCUT2D eigenvalue weighted by atomic mass is 10.1. The fraction of sp³-hybridized carbons (Fsp3) is 0.591. The number of hydrogen-bond donors (Lipinski definition) is 1. The standard InChI is InChI=1S/C22H34O2S2/c1-2-3-4-5-6-7-8-9-10-11-12-13-14-17-22(25-19-20-26-22)18-15-16-21(23)24/h6-7,9-10,12-14,17H,2-5,8,11,15-16,18-20H2,1H3,(H,23,24)/b7-6-,10-9-,13-12-,17-14+. The Kier molecular flexibility index (Phi) is 13.6. The van der Waals surface area contributed by atoms with Crippen molar-refractivity contribution >= 4 is 29.5 Å². The second-order valence-electron chi connectivity index (χ2n) is 6.45. The number of carbonyl (C=O) groups is 1. The van der Waals surface area contributed by atoms with Gasteiger partial charge in [0.05, 0.1) is 4.08 Å².